The third kappa shape index (κ3) is 2.90. The summed E-state index contributed by atoms with van der Waals surface area (Å²) < 4.78 is 10.7. The maximum atomic E-state index is 12.1. The van der Waals surface area contributed by atoms with Crippen LogP contribution < -0.4 is 0 Å². The summed E-state index contributed by atoms with van der Waals surface area (Å²) >= 11 is 0. The van der Waals surface area contributed by atoms with Crippen molar-refractivity contribution < 1.29 is 23.9 Å². The predicted molar refractivity (Wildman–Crippen MR) is 82.3 cm³/mol. The smallest absolute Gasteiger partial charge is 0.344 e. The second-order valence-electron chi connectivity index (χ2n) is 7.95. The van der Waals surface area contributed by atoms with Gasteiger partial charge in [0.2, 0.25) is 0 Å². The zero-order chi connectivity index (χ0) is 16.8. The van der Waals surface area contributed by atoms with E-state index in [0.717, 1.165) is 19.3 Å². The van der Waals surface area contributed by atoms with Gasteiger partial charge in [-0.1, -0.05) is 6.92 Å². The summed E-state index contributed by atoms with van der Waals surface area (Å²) in [7, 11) is 0. The minimum absolute atomic E-state index is 0.165. The lowest BCUT2D eigenvalue weighted by atomic mass is 9.62. The van der Waals surface area contributed by atoms with E-state index in [0.29, 0.717) is 30.5 Å². The highest BCUT2D eigenvalue weighted by atomic mass is 16.6. The van der Waals surface area contributed by atoms with Crippen LogP contribution in [0.1, 0.15) is 52.9 Å². The van der Waals surface area contributed by atoms with Gasteiger partial charge in [0.1, 0.15) is 11.9 Å². The van der Waals surface area contributed by atoms with Crippen LogP contribution in [0.4, 0.5) is 0 Å². The van der Waals surface area contributed by atoms with Gasteiger partial charge < -0.3 is 9.47 Å². The molecule has 0 amide bonds. The second-order valence-corrected chi connectivity index (χ2v) is 7.95. The SMILES string of the molecule is CCC(C)(C)C(=O)OCC(=O)OC1C2CCC3C(C2)C(=O)CC31. The molecule has 0 heterocycles. The third-order valence-corrected chi connectivity index (χ3v) is 6.26. The van der Waals surface area contributed by atoms with E-state index in [9.17, 15) is 14.4 Å². The molecule has 5 heteroatoms. The van der Waals surface area contributed by atoms with Crippen LogP contribution in [0, 0.1) is 29.1 Å². The highest BCUT2D eigenvalue weighted by Crippen LogP contribution is 2.55. The molecule has 5 unspecified atom stereocenters. The van der Waals surface area contributed by atoms with E-state index in [1.165, 1.54) is 0 Å². The van der Waals surface area contributed by atoms with Gasteiger partial charge in [-0.25, -0.2) is 4.79 Å². The van der Waals surface area contributed by atoms with Crippen molar-refractivity contribution in [3.05, 3.63) is 0 Å². The fraction of sp³-hybridized carbons (Fsp3) is 0.833. The lowest BCUT2D eigenvalue weighted by Crippen LogP contribution is -2.47. The van der Waals surface area contributed by atoms with Crippen molar-refractivity contribution in [2.45, 2.75) is 59.0 Å². The molecular formula is C18H26O5. The average Bonchev–Trinajstić information content (AvgIpc) is 2.81. The summed E-state index contributed by atoms with van der Waals surface area (Å²) in [6.07, 6.45) is 4.01. The molecule has 4 saturated carbocycles. The fourth-order valence-corrected chi connectivity index (χ4v) is 4.49. The maximum Gasteiger partial charge on any atom is 0.344 e. The van der Waals surface area contributed by atoms with Crippen LogP contribution in [0.5, 0.6) is 0 Å². The Labute approximate surface area is 137 Å². The molecule has 23 heavy (non-hydrogen) atoms. The van der Waals surface area contributed by atoms with Gasteiger partial charge in [-0.2, -0.15) is 0 Å². The zero-order valence-electron chi connectivity index (χ0n) is 14.2. The van der Waals surface area contributed by atoms with Crippen LogP contribution in [0.25, 0.3) is 0 Å². The van der Waals surface area contributed by atoms with Gasteiger partial charge in [0.25, 0.3) is 0 Å². The van der Waals surface area contributed by atoms with Crippen molar-refractivity contribution in [2.75, 3.05) is 6.61 Å². The van der Waals surface area contributed by atoms with Crippen molar-refractivity contribution in [3.63, 3.8) is 0 Å². The summed E-state index contributed by atoms with van der Waals surface area (Å²) in [5.41, 5.74) is -0.588. The van der Waals surface area contributed by atoms with Gasteiger partial charge in [-0.05, 0) is 51.4 Å². The molecule has 4 bridgehead atoms. The first-order chi connectivity index (χ1) is 10.8. The lowest BCUT2D eigenvalue weighted by Gasteiger charge is -2.46. The predicted octanol–water partition coefficient (Wildman–Crippen LogP) is 2.51. The molecule has 0 aromatic carbocycles. The van der Waals surface area contributed by atoms with Crippen molar-refractivity contribution in [3.8, 4) is 0 Å². The molecule has 128 valence electrons. The molecule has 4 aliphatic rings. The monoisotopic (exact) mass is 322 g/mol. The molecule has 0 spiro atoms. The number of hydrogen-bond acceptors (Lipinski definition) is 5. The summed E-state index contributed by atoms with van der Waals surface area (Å²) in [6, 6.07) is 0. The van der Waals surface area contributed by atoms with Crippen LogP contribution in [-0.4, -0.2) is 30.4 Å². The molecule has 4 rings (SSSR count). The van der Waals surface area contributed by atoms with Crippen LogP contribution in [0.15, 0.2) is 0 Å². The fourth-order valence-electron chi connectivity index (χ4n) is 4.49. The molecule has 0 aromatic heterocycles. The Morgan fingerprint density at radius 3 is 2.65 bits per heavy atom. The largest absolute Gasteiger partial charge is 0.459 e. The Kier molecular flexibility index (Phi) is 4.23. The Hall–Kier alpha value is -1.39. The van der Waals surface area contributed by atoms with Crippen LogP contribution in [0.2, 0.25) is 0 Å². The molecule has 4 fully saturated rings. The van der Waals surface area contributed by atoms with Gasteiger partial charge >= 0.3 is 11.9 Å². The topological polar surface area (TPSA) is 69.7 Å². The standard InChI is InChI=1S/C18H26O5/c1-4-18(2,3)17(21)22-9-15(20)23-16-10-5-6-11-12(7-10)14(19)8-13(11)16/h10-13,16H,4-9H2,1-3H3. The number of carbonyl (C=O) groups is 3. The van der Waals surface area contributed by atoms with Crippen LogP contribution in [-0.2, 0) is 23.9 Å². The van der Waals surface area contributed by atoms with Gasteiger partial charge in [0.05, 0.1) is 5.41 Å². The Morgan fingerprint density at radius 2 is 1.96 bits per heavy atom. The quantitative estimate of drug-likeness (QED) is 0.727. The number of rotatable bonds is 5. The van der Waals surface area contributed by atoms with Gasteiger partial charge in [-0.15, -0.1) is 0 Å². The van der Waals surface area contributed by atoms with E-state index in [1.807, 2.05) is 6.92 Å². The minimum Gasteiger partial charge on any atom is -0.459 e. The van der Waals surface area contributed by atoms with E-state index in [4.69, 9.17) is 9.47 Å². The average molecular weight is 322 g/mol. The van der Waals surface area contributed by atoms with Crippen molar-refractivity contribution in [1.29, 1.82) is 0 Å². The molecule has 5 nitrogen and oxygen atoms in total. The normalized spacial score (nSPS) is 35.3. The number of fused-ring (bicyclic) bond motifs is 1. The highest BCUT2D eigenvalue weighted by molar-refractivity contribution is 5.85. The number of esters is 2. The van der Waals surface area contributed by atoms with Crippen molar-refractivity contribution in [2.24, 2.45) is 29.1 Å². The first-order valence-electron chi connectivity index (χ1n) is 8.73. The van der Waals surface area contributed by atoms with Gasteiger partial charge in [-0.3, -0.25) is 9.59 Å². The number of carbonyl (C=O) groups excluding carboxylic acids is 3. The van der Waals surface area contributed by atoms with Crippen LogP contribution in [0.3, 0.4) is 0 Å². The van der Waals surface area contributed by atoms with E-state index in [2.05, 4.69) is 0 Å². The van der Waals surface area contributed by atoms with E-state index >= 15 is 0 Å². The lowest BCUT2D eigenvalue weighted by molar-refractivity contribution is -0.176. The highest BCUT2D eigenvalue weighted by Gasteiger charge is 2.57. The first kappa shape index (κ1) is 16.5. The molecule has 0 saturated heterocycles. The molecule has 0 aliphatic heterocycles. The molecule has 0 aromatic rings. The summed E-state index contributed by atoms with van der Waals surface area (Å²) in [6.45, 7) is 5.17. The second kappa shape index (κ2) is 5.91. The Morgan fingerprint density at radius 1 is 1.22 bits per heavy atom. The van der Waals surface area contributed by atoms with Crippen molar-refractivity contribution >= 4 is 17.7 Å². The van der Waals surface area contributed by atoms with E-state index < -0.39 is 11.4 Å². The summed E-state index contributed by atoms with van der Waals surface area (Å²) in [5.74, 6) is 0.569. The Bertz CT molecular complexity index is 524. The molecule has 0 radical (unpaired) electrons. The minimum atomic E-state index is -0.588. The number of ether oxygens (including phenoxy) is 2. The molecular weight excluding hydrogens is 296 g/mol. The zero-order valence-corrected chi connectivity index (χ0v) is 14.2. The van der Waals surface area contributed by atoms with E-state index in [1.54, 1.807) is 13.8 Å². The third-order valence-electron chi connectivity index (χ3n) is 6.26. The number of Topliss-reactive ketones (excluding diaryl/α,β-unsaturated/α-hetero) is 1. The molecule has 4 aliphatic carbocycles. The summed E-state index contributed by atoms with van der Waals surface area (Å²) in [4.78, 5) is 36.0. The van der Waals surface area contributed by atoms with E-state index in [-0.39, 0.29) is 30.5 Å². The van der Waals surface area contributed by atoms with Crippen LogP contribution >= 0.6 is 0 Å². The summed E-state index contributed by atoms with van der Waals surface area (Å²) in [5, 5.41) is 0. The van der Waals surface area contributed by atoms with Crippen molar-refractivity contribution in [1.82, 2.24) is 0 Å². The number of ketones is 1. The van der Waals surface area contributed by atoms with Gasteiger partial charge in [0.15, 0.2) is 6.61 Å². The Balaban J connectivity index is 1.55. The maximum absolute atomic E-state index is 12.1. The first-order valence-corrected chi connectivity index (χ1v) is 8.73. The molecule has 0 N–H and O–H groups in total. The van der Waals surface area contributed by atoms with Gasteiger partial charge in [0, 0.05) is 18.3 Å². The molecule has 5 atom stereocenters. The number of hydrogen-bond donors (Lipinski definition) is 0.